The Kier molecular flexibility index (Phi) is 2.45. The van der Waals surface area contributed by atoms with Crippen molar-refractivity contribution in [2.45, 2.75) is 19.4 Å². The standard InChI is InChI=1S/C11H13O3P/c1-11(2)8-9-15(12,14-11)13-10-6-4-3-5-7-10/h3-9H,1-2H3. The molecule has 0 saturated carbocycles. The fourth-order valence-electron chi connectivity index (χ4n) is 1.34. The van der Waals surface area contributed by atoms with E-state index >= 15 is 0 Å². The highest BCUT2D eigenvalue weighted by molar-refractivity contribution is 7.58. The van der Waals surface area contributed by atoms with Crippen LogP contribution in [-0.2, 0) is 9.09 Å². The Balaban J connectivity index is 2.15. The van der Waals surface area contributed by atoms with Crippen molar-refractivity contribution in [1.82, 2.24) is 0 Å². The van der Waals surface area contributed by atoms with E-state index in [1.165, 1.54) is 5.82 Å². The summed E-state index contributed by atoms with van der Waals surface area (Å²) in [5, 5.41) is 0. The van der Waals surface area contributed by atoms with Gasteiger partial charge in [0.25, 0.3) is 0 Å². The van der Waals surface area contributed by atoms with Crippen LogP contribution < -0.4 is 4.52 Å². The zero-order chi connectivity index (χ0) is 10.9. The van der Waals surface area contributed by atoms with Gasteiger partial charge in [-0.25, -0.2) is 4.57 Å². The highest BCUT2D eigenvalue weighted by Crippen LogP contribution is 2.57. The van der Waals surface area contributed by atoms with Crippen molar-refractivity contribution in [3.8, 4) is 5.75 Å². The van der Waals surface area contributed by atoms with E-state index in [9.17, 15) is 4.57 Å². The molecule has 1 heterocycles. The van der Waals surface area contributed by atoms with Crippen molar-refractivity contribution < 1.29 is 13.6 Å². The number of rotatable bonds is 2. The minimum atomic E-state index is -3.09. The molecule has 1 aromatic rings. The maximum atomic E-state index is 12.1. The molecule has 0 fully saturated rings. The second-order valence-corrected chi connectivity index (χ2v) is 5.70. The van der Waals surface area contributed by atoms with Crippen molar-refractivity contribution in [2.75, 3.05) is 0 Å². The second-order valence-electron chi connectivity index (χ2n) is 3.95. The molecular formula is C11H13O3P. The van der Waals surface area contributed by atoms with Crippen molar-refractivity contribution in [1.29, 1.82) is 0 Å². The van der Waals surface area contributed by atoms with Gasteiger partial charge in [0, 0.05) is 5.82 Å². The van der Waals surface area contributed by atoms with Crippen LogP contribution in [0.15, 0.2) is 42.2 Å². The van der Waals surface area contributed by atoms with E-state index in [4.69, 9.17) is 9.05 Å². The van der Waals surface area contributed by atoms with E-state index < -0.39 is 13.2 Å². The Hall–Kier alpha value is -1.05. The second kappa shape index (κ2) is 3.51. The van der Waals surface area contributed by atoms with Crippen LogP contribution >= 0.6 is 7.60 Å². The lowest BCUT2D eigenvalue weighted by atomic mass is 10.1. The summed E-state index contributed by atoms with van der Waals surface area (Å²) in [5.41, 5.74) is -0.510. The van der Waals surface area contributed by atoms with Gasteiger partial charge in [-0.05, 0) is 32.1 Å². The predicted octanol–water partition coefficient (Wildman–Crippen LogP) is 3.58. The van der Waals surface area contributed by atoms with Crippen LogP contribution in [0.1, 0.15) is 13.8 Å². The smallest absolute Gasteiger partial charge is 0.404 e. The molecule has 80 valence electrons. The molecule has 0 bridgehead atoms. The summed E-state index contributed by atoms with van der Waals surface area (Å²) in [7, 11) is -3.09. The van der Waals surface area contributed by atoms with Gasteiger partial charge >= 0.3 is 7.60 Å². The van der Waals surface area contributed by atoms with Gasteiger partial charge in [0.2, 0.25) is 0 Å². The molecule has 0 radical (unpaired) electrons. The van der Waals surface area contributed by atoms with Crippen molar-refractivity contribution in [3.05, 3.63) is 42.2 Å². The third-order valence-corrected chi connectivity index (χ3v) is 3.70. The van der Waals surface area contributed by atoms with Crippen LogP contribution in [0.3, 0.4) is 0 Å². The third kappa shape index (κ3) is 2.49. The molecular weight excluding hydrogens is 211 g/mol. The van der Waals surface area contributed by atoms with Crippen LogP contribution in [0.5, 0.6) is 5.75 Å². The molecule has 0 aromatic heterocycles. The molecule has 0 saturated heterocycles. The zero-order valence-electron chi connectivity index (χ0n) is 8.71. The summed E-state index contributed by atoms with van der Waals surface area (Å²) in [4.78, 5) is 0. The molecule has 0 N–H and O–H groups in total. The predicted molar refractivity (Wildman–Crippen MR) is 59.0 cm³/mol. The van der Waals surface area contributed by atoms with Gasteiger partial charge in [-0.1, -0.05) is 18.2 Å². The van der Waals surface area contributed by atoms with E-state index in [0.29, 0.717) is 5.75 Å². The van der Waals surface area contributed by atoms with Crippen LogP contribution in [0.4, 0.5) is 0 Å². The first-order valence-electron chi connectivity index (χ1n) is 4.75. The molecule has 1 unspecified atom stereocenters. The number of benzene rings is 1. The Morgan fingerprint density at radius 3 is 2.47 bits per heavy atom. The fourth-order valence-corrected chi connectivity index (χ4v) is 3.17. The van der Waals surface area contributed by atoms with Gasteiger partial charge in [-0.3, -0.25) is 4.52 Å². The fraction of sp³-hybridized carbons (Fsp3) is 0.273. The minimum Gasteiger partial charge on any atom is -0.422 e. The first kappa shape index (κ1) is 10.5. The maximum Gasteiger partial charge on any atom is 0.404 e. The molecule has 1 aliphatic heterocycles. The van der Waals surface area contributed by atoms with Gasteiger partial charge in [-0.15, -0.1) is 0 Å². The Morgan fingerprint density at radius 2 is 1.93 bits per heavy atom. The molecule has 0 amide bonds. The lowest BCUT2D eigenvalue weighted by Crippen LogP contribution is -2.15. The molecule has 3 nitrogen and oxygen atoms in total. The summed E-state index contributed by atoms with van der Waals surface area (Å²) in [6, 6.07) is 9.03. The molecule has 0 spiro atoms. The minimum absolute atomic E-state index is 0.510. The highest BCUT2D eigenvalue weighted by Gasteiger charge is 2.37. The van der Waals surface area contributed by atoms with Crippen molar-refractivity contribution >= 4 is 7.60 Å². The first-order chi connectivity index (χ1) is 6.99. The highest BCUT2D eigenvalue weighted by atomic mass is 31.2. The monoisotopic (exact) mass is 224 g/mol. The molecule has 1 atom stereocenters. The van der Waals surface area contributed by atoms with Crippen LogP contribution in [-0.4, -0.2) is 5.60 Å². The van der Waals surface area contributed by atoms with E-state index in [1.807, 2.05) is 32.0 Å². The average Bonchev–Trinajstić information content (AvgIpc) is 2.42. The summed E-state index contributed by atoms with van der Waals surface area (Å²) in [5.74, 6) is 2.07. The lowest BCUT2D eigenvalue weighted by molar-refractivity contribution is 0.157. The largest absolute Gasteiger partial charge is 0.422 e. The van der Waals surface area contributed by atoms with Crippen LogP contribution in [0.25, 0.3) is 0 Å². The summed E-state index contributed by atoms with van der Waals surface area (Å²) in [6.07, 6.45) is 1.76. The first-order valence-corrected chi connectivity index (χ1v) is 6.36. The maximum absolute atomic E-state index is 12.1. The summed E-state index contributed by atoms with van der Waals surface area (Å²) >= 11 is 0. The van der Waals surface area contributed by atoms with E-state index in [2.05, 4.69) is 0 Å². The summed E-state index contributed by atoms with van der Waals surface area (Å²) in [6.45, 7) is 3.69. The average molecular weight is 224 g/mol. The normalized spacial score (nSPS) is 27.9. The molecule has 2 rings (SSSR count). The van der Waals surface area contributed by atoms with Gasteiger partial charge in [-0.2, -0.15) is 0 Å². The van der Waals surface area contributed by atoms with Crippen molar-refractivity contribution in [3.63, 3.8) is 0 Å². The van der Waals surface area contributed by atoms with Crippen LogP contribution in [0, 0.1) is 0 Å². The SMILES string of the molecule is CC1(C)C=CP(=O)(Oc2ccccc2)O1. The Bertz CT molecular complexity index is 423. The van der Waals surface area contributed by atoms with E-state index in [-0.39, 0.29) is 0 Å². The summed E-state index contributed by atoms with van der Waals surface area (Å²) < 4.78 is 22.8. The third-order valence-electron chi connectivity index (χ3n) is 2.00. The van der Waals surface area contributed by atoms with Gasteiger partial charge in [0.15, 0.2) is 0 Å². The topological polar surface area (TPSA) is 35.5 Å². The number of para-hydroxylation sites is 1. The number of hydrogen-bond donors (Lipinski definition) is 0. The van der Waals surface area contributed by atoms with Gasteiger partial charge in [0.05, 0.1) is 5.60 Å². The van der Waals surface area contributed by atoms with E-state index in [0.717, 1.165) is 0 Å². The quantitative estimate of drug-likeness (QED) is 0.720. The number of hydrogen-bond acceptors (Lipinski definition) is 3. The van der Waals surface area contributed by atoms with Gasteiger partial charge < -0.3 is 4.52 Å². The molecule has 0 aliphatic carbocycles. The van der Waals surface area contributed by atoms with E-state index in [1.54, 1.807) is 18.2 Å². The van der Waals surface area contributed by atoms with Crippen LogP contribution in [0.2, 0.25) is 0 Å². The molecule has 4 heteroatoms. The lowest BCUT2D eigenvalue weighted by Gasteiger charge is -2.19. The molecule has 1 aromatic carbocycles. The Labute approximate surface area is 89.3 Å². The molecule has 15 heavy (non-hydrogen) atoms. The Morgan fingerprint density at radius 1 is 1.27 bits per heavy atom. The van der Waals surface area contributed by atoms with Crippen molar-refractivity contribution in [2.24, 2.45) is 0 Å². The van der Waals surface area contributed by atoms with Gasteiger partial charge in [0.1, 0.15) is 5.75 Å². The zero-order valence-corrected chi connectivity index (χ0v) is 9.61. The molecule has 1 aliphatic rings.